The van der Waals surface area contributed by atoms with Crippen LogP contribution < -0.4 is 0 Å². The van der Waals surface area contributed by atoms with Gasteiger partial charge in [-0.05, 0) is 19.3 Å². The number of carbonyl (C=O) groups excluding carboxylic acids is 1. The van der Waals surface area contributed by atoms with E-state index >= 15 is 0 Å². The maximum atomic E-state index is 11.2. The molecule has 1 unspecified atom stereocenters. The molecule has 1 amide bonds. The smallest absolute Gasteiger partial charge is 0.222 e. The quantitative estimate of drug-likeness (QED) is 0.588. The molecule has 0 saturated carbocycles. The van der Waals surface area contributed by atoms with Crippen molar-refractivity contribution < 1.29 is 15.0 Å². The van der Waals surface area contributed by atoms with Crippen molar-refractivity contribution >= 4 is 5.91 Å². The van der Waals surface area contributed by atoms with Crippen LogP contribution in [0, 0.1) is 0 Å². The van der Waals surface area contributed by atoms with Gasteiger partial charge in [0.1, 0.15) is 0 Å². The number of carbonyl (C=O) groups is 1. The van der Waals surface area contributed by atoms with Crippen LogP contribution in [0.4, 0.5) is 0 Å². The second kappa shape index (κ2) is 7.76. The van der Waals surface area contributed by atoms with E-state index in [0.717, 1.165) is 6.42 Å². The van der Waals surface area contributed by atoms with E-state index in [4.69, 9.17) is 5.11 Å². The predicted molar refractivity (Wildman–Crippen MR) is 54.9 cm³/mol. The van der Waals surface area contributed by atoms with Gasteiger partial charge in [0.05, 0.1) is 6.10 Å². The average Bonchev–Trinajstić information content (AvgIpc) is 2.16. The molecule has 0 bridgehead atoms. The molecule has 0 saturated heterocycles. The molecule has 2 N–H and O–H groups in total. The highest BCUT2D eigenvalue weighted by Gasteiger charge is 2.11. The second-order valence-corrected chi connectivity index (χ2v) is 3.50. The topological polar surface area (TPSA) is 60.8 Å². The molecule has 0 heterocycles. The molecule has 14 heavy (non-hydrogen) atoms. The SMILES string of the molecule is CCC(=O)N(C)CC(O)CCCCO. The Morgan fingerprint density at radius 3 is 2.57 bits per heavy atom. The number of nitrogens with zero attached hydrogens (tertiary/aromatic N) is 1. The Hall–Kier alpha value is -0.610. The van der Waals surface area contributed by atoms with Crippen molar-refractivity contribution in [2.45, 2.75) is 38.7 Å². The van der Waals surface area contributed by atoms with Gasteiger partial charge in [0.25, 0.3) is 0 Å². The van der Waals surface area contributed by atoms with E-state index in [-0.39, 0.29) is 12.5 Å². The lowest BCUT2D eigenvalue weighted by molar-refractivity contribution is -0.130. The van der Waals surface area contributed by atoms with Gasteiger partial charge >= 0.3 is 0 Å². The monoisotopic (exact) mass is 203 g/mol. The standard InChI is InChI=1S/C10H21NO3/c1-3-10(14)11(2)8-9(13)6-4-5-7-12/h9,12-13H,3-8H2,1-2H3. The highest BCUT2D eigenvalue weighted by atomic mass is 16.3. The molecule has 0 aromatic carbocycles. The van der Waals surface area contributed by atoms with Crippen molar-refractivity contribution in [3.8, 4) is 0 Å². The summed E-state index contributed by atoms with van der Waals surface area (Å²) in [6.45, 7) is 2.35. The van der Waals surface area contributed by atoms with Gasteiger partial charge in [-0.3, -0.25) is 4.79 Å². The van der Waals surface area contributed by atoms with E-state index in [1.165, 1.54) is 0 Å². The summed E-state index contributed by atoms with van der Waals surface area (Å²) in [5.41, 5.74) is 0. The summed E-state index contributed by atoms with van der Waals surface area (Å²) in [6, 6.07) is 0. The number of hydrogen-bond acceptors (Lipinski definition) is 3. The molecule has 4 heteroatoms. The molecule has 0 aliphatic rings. The maximum Gasteiger partial charge on any atom is 0.222 e. The first kappa shape index (κ1) is 13.4. The van der Waals surface area contributed by atoms with Crippen molar-refractivity contribution in [2.75, 3.05) is 20.2 Å². The minimum Gasteiger partial charge on any atom is -0.396 e. The van der Waals surface area contributed by atoms with Gasteiger partial charge in [0.2, 0.25) is 5.91 Å². The van der Waals surface area contributed by atoms with Crippen molar-refractivity contribution in [2.24, 2.45) is 0 Å². The van der Waals surface area contributed by atoms with Gasteiger partial charge in [-0.1, -0.05) is 6.92 Å². The first-order valence-corrected chi connectivity index (χ1v) is 5.14. The number of hydrogen-bond donors (Lipinski definition) is 2. The fourth-order valence-corrected chi connectivity index (χ4v) is 1.27. The Morgan fingerprint density at radius 2 is 2.07 bits per heavy atom. The normalized spacial score (nSPS) is 12.6. The molecule has 84 valence electrons. The second-order valence-electron chi connectivity index (χ2n) is 3.50. The van der Waals surface area contributed by atoms with Crippen molar-refractivity contribution in [1.29, 1.82) is 0 Å². The zero-order chi connectivity index (χ0) is 11.0. The molecule has 0 aliphatic carbocycles. The first-order chi connectivity index (χ1) is 6.61. The van der Waals surface area contributed by atoms with Gasteiger partial charge in [-0.15, -0.1) is 0 Å². The molecular formula is C10H21NO3. The van der Waals surface area contributed by atoms with E-state index in [9.17, 15) is 9.90 Å². The number of aliphatic hydroxyl groups is 2. The summed E-state index contributed by atoms with van der Waals surface area (Å²) in [7, 11) is 1.70. The molecular weight excluding hydrogens is 182 g/mol. The Balaban J connectivity index is 3.59. The Bertz CT molecular complexity index is 161. The van der Waals surface area contributed by atoms with Crippen LogP contribution in [0.2, 0.25) is 0 Å². The summed E-state index contributed by atoms with van der Waals surface area (Å²) in [5.74, 6) is 0.0474. The fraction of sp³-hybridized carbons (Fsp3) is 0.900. The largest absolute Gasteiger partial charge is 0.396 e. The zero-order valence-electron chi connectivity index (χ0n) is 9.07. The summed E-state index contributed by atoms with van der Waals surface area (Å²) in [6.07, 6.45) is 2.15. The number of likely N-dealkylation sites (N-methyl/N-ethyl adjacent to an activating group) is 1. The fourth-order valence-electron chi connectivity index (χ4n) is 1.27. The van der Waals surface area contributed by atoms with Crippen LogP contribution in [-0.4, -0.2) is 47.3 Å². The predicted octanol–water partition coefficient (Wildman–Crippen LogP) is 0.378. The minimum atomic E-state index is -0.470. The van der Waals surface area contributed by atoms with Crippen molar-refractivity contribution in [1.82, 2.24) is 4.90 Å². The summed E-state index contributed by atoms with van der Waals surface area (Å²) < 4.78 is 0. The molecule has 0 aromatic rings. The molecule has 0 radical (unpaired) electrons. The zero-order valence-corrected chi connectivity index (χ0v) is 9.07. The van der Waals surface area contributed by atoms with E-state index in [1.807, 2.05) is 0 Å². The van der Waals surface area contributed by atoms with Crippen LogP contribution in [0.25, 0.3) is 0 Å². The van der Waals surface area contributed by atoms with Crippen LogP contribution in [0.1, 0.15) is 32.6 Å². The summed E-state index contributed by atoms with van der Waals surface area (Å²) in [5, 5.41) is 18.1. The van der Waals surface area contributed by atoms with E-state index in [1.54, 1.807) is 18.9 Å². The van der Waals surface area contributed by atoms with E-state index < -0.39 is 6.10 Å². The summed E-state index contributed by atoms with van der Waals surface area (Å²) in [4.78, 5) is 12.7. The number of rotatable bonds is 7. The van der Waals surface area contributed by atoms with Crippen LogP contribution in [0.3, 0.4) is 0 Å². The Kier molecular flexibility index (Phi) is 7.42. The Labute approximate surface area is 85.5 Å². The van der Waals surface area contributed by atoms with Crippen molar-refractivity contribution in [3.63, 3.8) is 0 Å². The molecule has 1 atom stereocenters. The third-order valence-corrected chi connectivity index (χ3v) is 2.16. The third-order valence-electron chi connectivity index (χ3n) is 2.16. The molecule has 0 rings (SSSR count). The van der Waals surface area contributed by atoms with Gasteiger partial charge in [-0.2, -0.15) is 0 Å². The first-order valence-electron chi connectivity index (χ1n) is 5.14. The lowest BCUT2D eigenvalue weighted by atomic mass is 10.1. The third kappa shape index (κ3) is 5.94. The molecule has 0 aliphatic heterocycles. The highest BCUT2D eigenvalue weighted by Crippen LogP contribution is 2.02. The molecule has 4 nitrogen and oxygen atoms in total. The van der Waals surface area contributed by atoms with E-state index in [2.05, 4.69) is 0 Å². The van der Waals surface area contributed by atoms with Gasteiger partial charge in [-0.25, -0.2) is 0 Å². The van der Waals surface area contributed by atoms with Crippen LogP contribution in [0.5, 0.6) is 0 Å². The van der Waals surface area contributed by atoms with Crippen LogP contribution in [-0.2, 0) is 4.79 Å². The van der Waals surface area contributed by atoms with Gasteiger partial charge in [0, 0.05) is 26.6 Å². The van der Waals surface area contributed by atoms with E-state index in [0.29, 0.717) is 25.8 Å². The van der Waals surface area contributed by atoms with Crippen LogP contribution >= 0.6 is 0 Å². The van der Waals surface area contributed by atoms with Crippen molar-refractivity contribution in [3.05, 3.63) is 0 Å². The lowest BCUT2D eigenvalue weighted by Gasteiger charge is -2.20. The van der Waals surface area contributed by atoms with Gasteiger partial charge < -0.3 is 15.1 Å². The highest BCUT2D eigenvalue weighted by molar-refractivity contribution is 5.75. The number of aliphatic hydroxyl groups excluding tert-OH is 2. The maximum absolute atomic E-state index is 11.2. The Morgan fingerprint density at radius 1 is 1.43 bits per heavy atom. The number of unbranched alkanes of at least 4 members (excludes halogenated alkanes) is 1. The lowest BCUT2D eigenvalue weighted by Crippen LogP contribution is -2.33. The summed E-state index contributed by atoms with van der Waals surface area (Å²) >= 11 is 0. The average molecular weight is 203 g/mol. The molecule has 0 aromatic heterocycles. The number of amides is 1. The van der Waals surface area contributed by atoms with Gasteiger partial charge in [0.15, 0.2) is 0 Å². The minimum absolute atomic E-state index is 0.0474. The molecule has 0 fully saturated rings. The molecule has 0 spiro atoms. The van der Waals surface area contributed by atoms with Crippen LogP contribution in [0.15, 0.2) is 0 Å².